The van der Waals surface area contributed by atoms with Gasteiger partial charge in [0.1, 0.15) is 11.5 Å². The predicted molar refractivity (Wildman–Crippen MR) is 124 cm³/mol. The SMILES string of the molecule is CC(F)F.CCc1ncc(-c2ccc3nc(C)c(Cc4ccccc4C4=C[CH]4)n3c2)cn1. The van der Waals surface area contributed by atoms with Gasteiger partial charge in [-0.1, -0.05) is 37.3 Å². The summed E-state index contributed by atoms with van der Waals surface area (Å²) in [5.41, 5.74) is 9.35. The van der Waals surface area contributed by atoms with E-state index in [0.29, 0.717) is 0 Å². The van der Waals surface area contributed by atoms with Crippen LogP contribution in [0.2, 0.25) is 0 Å². The largest absolute Gasteiger partial charge is 0.303 e. The van der Waals surface area contributed by atoms with Crippen LogP contribution in [0.4, 0.5) is 8.78 Å². The third-order valence-corrected chi connectivity index (χ3v) is 5.29. The minimum Gasteiger partial charge on any atom is -0.303 e. The molecule has 0 atom stereocenters. The second kappa shape index (κ2) is 9.39. The van der Waals surface area contributed by atoms with Gasteiger partial charge >= 0.3 is 0 Å². The fourth-order valence-corrected chi connectivity index (χ4v) is 3.64. The first-order chi connectivity index (χ1) is 15.5. The van der Waals surface area contributed by atoms with Gasteiger partial charge in [-0.3, -0.25) is 0 Å². The Morgan fingerprint density at radius 1 is 1.00 bits per heavy atom. The summed E-state index contributed by atoms with van der Waals surface area (Å²) in [7, 11) is 0. The minimum atomic E-state index is -2.17. The highest BCUT2D eigenvalue weighted by atomic mass is 19.3. The minimum absolute atomic E-state index is 0.833. The molecule has 32 heavy (non-hydrogen) atoms. The second-order valence-corrected chi connectivity index (χ2v) is 7.67. The molecule has 5 rings (SSSR count). The van der Waals surface area contributed by atoms with Crippen LogP contribution in [0, 0.1) is 13.3 Å². The van der Waals surface area contributed by atoms with E-state index in [2.05, 4.69) is 83.3 Å². The number of rotatable bonds is 5. The third kappa shape index (κ3) is 4.90. The maximum atomic E-state index is 10.3. The van der Waals surface area contributed by atoms with Crippen molar-refractivity contribution in [2.75, 3.05) is 0 Å². The Morgan fingerprint density at radius 2 is 1.69 bits per heavy atom. The van der Waals surface area contributed by atoms with Gasteiger partial charge in [-0.05, 0) is 42.7 Å². The number of alkyl halides is 2. The molecule has 0 N–H and O–H groups in total. The Bertz CT molecular complexity index is 1250. The van der Waals surface area contributed by atoms with Gasteiger partial charge in [0.25, 0.3) is 0 Å². The van der Waals surface area contributed by atoms with Gasteiger partial charge in [0.2, 0.25) is 6.43 Å². The summed E-state index contributed by atoms with van der Waals surface area (Å²) in [5, 5.41) is 0. The molecule has 1 aliphatic carbocycles. The zero-order valence-electron chi connectivity index (χ0n) is 18.4. The van der Waals surface area contributed by atoms with Crippen LogP contribution in [0.3, 0.4) is 0 Å². The number of nitrogens with zero attached hydrogens (tertiary/aromatic N) is 4. The quantitative estimate of drug-likeness (QED) is 0.382. The summed E-state index contributed by atoms with van der Waals surface area (Å²) >= 11 is 0. The van der Waals surface area contributed by atoms with E-state index >= 15 is 0 Å². The maximum Gasteiger partial charge on any atom is 0.235 e. The predicted octanol–water partition coefficient (Wildman–Crippen LogP) is 6.13. The lowest BCUT2D eigenvalue weighted by Crippen LogP contribution is -1.99. The van der Waals surface area contributed by atoms with Gasteiger partial charge in [0, 0.05) is 54.7 Å². The van der Waals surface area contributed by atoms with Crippen LogP contribution >= 0.6 is 0 Å². The molecule has 6 heteroatoms. The van der Waals surface area contributed by atoms with Gasteiger partial charge in [0.05, 0.1) is 5.69 Å². The van der Waals surface area contributed by atoms with E-state index in [0.717, 1.165) is 48.1 Å². The molecule has 3 aromatic heterocycles. The highest BCUT2D eigenvalue weighted by Crippen LogP contribution is 2.33. The fourth-order valence-electron chi connectivity index (χ4n) is 3.64. The van der Waals surface area contributed by atoms with E-state index in [1.165, 1.54) is 22.4 Å². The normalized spacial score (nSPS) is 12.5. The third-order valence-electron chi connectivity index (χ3n) is 5.29. The molecule has 1 aliphatic rings. The smallest absolute Gasteiger partial charge is 0.235 e. The van der Waals surface area contributed by atoms with E-state index < -0.39 is 6.43 Å². The Kier molecular flexibility index (Phi) is 6.40. The number of imidazole rings is 1. The molecule has 0 saturated carbocycles. The van der Waals surface area contributed by atoms with Crippen LogP contribution in [0.1, 0.15) is 42.2 Å². The summed E-state index contributed by atoms with van der Waals surface area (Å²) in [6.07, 6.45) is 9.82. The Labute approximate surface area is 186 Å². The van der Waals surface area contributed by atoms with E-state index in [4.69, 9.17) is 4.98 Å². The molecular formula is C26H25F2N4. The Morgan fingerprint density at radius 3 is 2.34 bits per heavy atom. The van der Waals surface area contributed by atoms with Crippen LogP contribution in [0.25, 0.3) is 22.3 Å². The number of hydrogen-bond acceptors (Lipinski definition) is 3. The summed E-state index contributed by atoms with van der Waals surface area (Å²) in [6, 6.07) is 12.8. The highest BCUT2D eigenvalue weighted by Gasteiger charge is 2.17. The van der Waals surface area contributed by atoms with Crippen LogP contribution in [-0.4, -0.2) is 25.8 Å². The number of halogens is 2. The van der Waals surface area contributed by atoms with Crippen molar-refractivity contribution >= 4 is 11.2 Å². The van der Waals surface area contributed by atoms with Crippen LogP contribution in [-0.2, 0) is 12.8 Å². The Hall–Kier alpha value is -3.41. The van der Waals surface area contributed by atoms with Crippen LogP contribution in [0.15, 0.2) is 61.1 Å². The molecule has 4 nitrogen and oxygen atoms in total. The topological polar surface area (TPSA) is 43.1 Å². The summed E-state index contributed by atoms with van der Waals surface area (Å²) in [4.78, 5) is 13.7. The lowest BCUT2D eigenvalue weighted by Gasteiger charge is -2.09. The second-order valence-electron chi connectivity index (χ2n) is 7.67. The van der Waals surface area contributed by atoms with Crippen molar-refractivity contribution in [3.05, 3.63) is 95.8 Å². The molecule has 163 valence electrons. The number of aromatic nitrogens is 4. The summed E-state index contributed by atoms with van der Waals surface area (Å²) in [5.74, 6) is 0.867. The standard InChI is InChI=1S/C24H21N4.C2H4F2/c1-3-23-25-13-20(14-26-23)19-10-11-24-27-16(2)22(28(24)15-19)12-18-6-4-5-7-21(18)17-8-9-17;1-2(3)4/h4-11,13-15H,3,12H2,1-2H3;2H,1H3. The van der Waals surface area contributed by atoms with Gasteiger partial charge in [-0.2, -0.15) is 0 Å². The van der Waals surface area contributed by atoms with Crippen molar-refractivity contribution in [1.29, 1.82) is 0 Å². The van der Waals surface area contributed by atoms with E-state index in [1.807, 2.05) is 12.4 Å². The van der Waals surface area contributed by atoms with Crippen molar-refractivity contribution < 1.29 is 8.78 Å². The number of hydrogen-bond donors (Lipinski definition) is 0. The summed E-state index contributed by atoms with van der Waals surface area (Å²) < 4.78 is 22.9. The van der Waals surface area contributed by atoms with Gasteiger partial charge in [-0.25, -0.2) is 23.7 Å². The van der Waals surface area contributed by atoms with E-state index in [-0.39, 0.29) is 0 Å². The number of allylic oxidation sites excluding steroid dienone is 2. The Balaban J connectivity index is 0.000000567. The molecule has 1 aromatic carbocycles. The van der Waals surface area contributed by atoms with Crippen LogP contribution in [0.5, 0.6) is 0 Å². The number of benzene rings is 1. The van der Waals surface area contributed by atoms with E-state index in [1.54, 1.807) is 0 Å². The lowest BCUT2D eigenvalue weighted by molar-refractivity contribution is 0.171. The first kappa shape index (κ1) is 21.8. The molecule has 0 unspecified atom stereocenters. The van der Waals surface area contributed by atoms with Crippen molar-refractivity contribution in [1.82, 2.24) is 19.4 Å². The van der Waals surface area contributed by atoms with Crippen molar-refractivity contribution in [2.45, 2.75) is 40.0 Å². The molecule has 0 saturated heterocycles. The zero-order valence-corrected chi connectivity index (χ0v) is 18.4. The van der Waals surface area contributed by atoms with Gasteiger partial charge < -0.3 is 4.40 Å². The average molecular weight is 432 g/mol. The lowest BCUT2D eigenvalue weighted by atomic mass is 10.00. The molecule has 0 spiro atoms. The molecule has 4 aromatic rings. The van der Waals surface area contributed by atoms with Crippen molar-refractivity contribution in [3.8, 4) is 11.1 Å². The monoisotopic (exact) mass is 431 g/mol. The highest BCUT2D eigenvalue weighted by molar-refractivity contribution is 5.88. The van der Waals surface area contributed by atoms with Gasteiger partial charge in [-0.15, -0.1) is 0 Å². The molecule has 3 heterocycles. The molecular weight excluding hydrogens is 406 g/mol. The first-order valence-electron chi connectivity index (χ1n) is 10.7. The zero-order chi connectivity index (χ0) is 22.7. The first-order valence-corrected chi connectivity index (χ1v) is 10.7. The van der Waals surface area contributed by atoms with Crippen molar-refractivity contribution in [2.24, 2.45) is 0 Å². The van der Waals surface area contributed by atoms with E-state index in [9.17, 15) is 8.78 Å². The average Bonchev–Trinajstić information content (AvgIpc) is 3.58. The van der Waals surface area contributed by atoms with Gasteiger partial charge in [0.15, 0.2) is 0 Å². The molecule has 0 bridgehead atoms. The number of pyridine rings is 1. The molecule has 0 amide bonds. The summed E-state index contributed by atoms with van der Waals surface area (Å²) in [6.45, 7) is 4.99. The number of fused-ring (bicyclic) bond motifs is 1. The fraction of sp³-hybridized carbons (Fsp3) is 0.231. The molecule has 1 radical (unpaired) electrons. The maximum absolute atomic E-state index is 10.3. The van der Waals surface area contributed by atoms with Crippen LogP contribution < -0.4 is 0 Å². The molecule has 0 aliphatic heterocycles. The van der Waals surface area contributed by atoms with Crippen molar-refractivity contribution in [3.63, 3.8) is 0 Å². The molecule has 0 fully saturated rings. The number of aryl methyl sites for hydroxylation is 2.